The van der Waals surface area contributed by atoms with E-state index in [1.54, 1.807) is 7.11 Å². The third-order valence-electron chi connectivity index (χ3n) is 4.40. The maximum absolute atomic E-state index is 12.3. The number of methoxy groups -OCH3 is 1. The van der Waals surface area contributed by atoms with Crippen LogP contribution in [0.2, 0.25) is 0 Å². The fourth-order valence-electron chi connectivity index (χ4n) is 3.33. The summed E-state index contributed by atoms with van der Waals surface area (Å²) in [7, 11) is 1.71. The van der Waals surface area contributed by atoms with Gasteiger partial charge < -0.3 is 10.1 Å². The number of nitrogens with one attached hydrogen (secondary N) is 1. The molecule has 0 radical (unpaired) electrons. The first-order chi connectivity index (χ1) is 9.43. The van der Waals surface area contributed by atoms with Crippen LogP contribution in [-0.4, -0.2) is 31.5 Å². The summed E-state index contributed by atoms with van der Waals surface area (Å²) in [4.78, 5) is 0. The van der Waals surface area contributed by atoms with Crippen molar-refractivity contribution in [3.05, 3.63) is 0 Å². The summed E-state index contributed by atoms with van der Waals surface area (Å²) in [5.41, 5.74) is -0.280. The zero-order valence-corrected chi connectivity index (χ0v) is 12.7. The Morgan fingerprint density at radius 3 is 2.20 bits per heavy atom. The monoisotopic (exact) mass is 295 g/mol. The van der Waals surface area contributed by atoms with E-state index in [-0.39, 0.29) is 18.1 Å². The van der Waals surface area contributed by atoms with Gasteiger partial charge in [-0.2, -0.15) is 13.2 Å². The fourth-order valence-corrected chi connectivity index (χ4v) is 3.33. The maximum Gasteiger partial charge on any atom is 0.389 e. The van der Waals surface area contributed by atoms with Gasteiger partial charge in [0.15, 0.2) is 0 Å². The van der Waals surface area contributed by atoms with Gasteiger partial charge in [-0.3, -0.25) is 0 Å². The molecule has 0 aromatic carbocycles. The van der Waals surface area contributed by atoms with Crippen molar-refractivity contribution in [1.29, 1.82) is 0 Å². The summed E-state index contributed by atoms with van der Waals surface area (Å²) in [6.45, 7) is 2.76. The Balaban J connectivity index is 2.64. The van der Waals surface area contributed by atoms with Gasteiger partial charge in [0.1, 0.15) is 0 Å². The smallest absolute Gasteiger partial charge is 0.377 e. The standard InChI is InChI=1S/C15H28F3NO/c1-3-19-13(9-8-12-15(16,17)18)14(20-2)10-6-4-5-7-11-14/h13,19H,3-12H2,1-2H3. The van der Waals surface area contributed by atoms with Gasteiger partial charge in [0, 0.05) is 19.6 Å². The number of halogens is 3. The van der Waals surface area contributed by atoms with Crippen molar-refractivity contribution in [3.8, 4) is 0 Å². The summed E-state index contributed by atoms with van der Waals surface area (Å²) in [6.07, 6.45) is 2.46. The number of hydrogen-bond acceptors (Lipinski definition) is 2. The lowest BCUT2D eigenvalue weighted by atomic mass is 9.83. The van der Waals surface area contributed by atoms with E-state index < -0.39 is 12.6 Å². The molecule has 0 aromatic heterocycles. The topological polar surface area (TPSA) is 21.3 Å². The van der Waals surface area contributed by atoms with Crippen molar-refractivity contribution in [3.63, 3.8) is 0 Å². The molecule has 5 heteroatoms. The highest BCUT2D eigenvalue weighted by Crippen LogP contribution is 2.35. The Hall–Kier alpha value is -0.290. The van der Waals surface area contributed by atoms with Crippen LogP contribution in [0.4, 0.5) is 13.2 Å². The van der Waals surface area contributed by atoms with E-state index in [1.165, 1.54) is 12.8 Å². The van der Waals surface area contributed by atoms with Crippen LogP contribution < -0.4 is 5.32 Å². The van der Waals surface area contributed by atoms with Crippen molar-refractivity contribution in [2.24, 2.45) is 0 Å². The fraction of sp³-hybridized carbons (Fsp3) is 1.00. The molecule has 120 valence electrons. The van der Waals surface area contributed by atoms with E-state index in [1.807, 2.05) is 6.92 Å². The van der Waals surface area contributed by atoms with E-state index in [0.29, 0.717) is 6.42 Å². The summed E-state index contributed by atoms with van der Waals surface area (Å²) in [5, 5.41) is 3.37. The third-order valence-corrected chi connectivity index (χ3v) is 4.40. The van der Waals surface area contributed by atoms with Crippen LogP contribution in [0.15, 0.2) is 0 Å². The van der Waals surface area contributed by atoms with E-state index in [2.05, 4.69) is 5.32 Å². The second kappa shape index (κ2) is 8.23. The first-order valence-electron chi connectivity index (χ1n) is 7.79. The highest BCUT2D eigenvalue weighted by molar-refractivity contribution is 4.94. The van der Waals surface area contributed by atoms with Crippen LogP contribution in [0.5, 0.6) is 0 Å². The third kappa shape index (κ3) is 5.60. The van der Waals surface area contributed by atoms with Crippen LogP contribution in [-0.2, 0) is 4.74 Å². The van der Waals surface area contributed by atoms with Crippen LogP contribution in [0.1, 0.15) is 64.7 Å². The molecule has 1 aliphatic rings. The first-order valence-corrected chi connectivity index (χ1v) is 7.79. The van der Waals surface area contributed by atoms with Gasteiger partial charge in [-0.15, -0.1) is 0 Å². The zero-order valence-electron chi connectivity index (χ0n) is 12.7. The van der Waals surface area contributed by atoms with Gasteiger partial charge in [-0.25, -0.2) is 0 Å². The van der Waals surface area contributed by atoms with Crippen molar-refractivity contribution in [2.45, 2.75) is 82.5 Å². The molecule has 1 atom stereocenters. The second-order valence-electron chi connectivity index (χ2n) is 5.80. The molecule has 1 rings (SSSR count). The molecule has 0 saturated heterocycles. The molecule has 1 unspecified atom stereocenters. The van der Waals surface area contributed by atoms with Crippen LogP contribution in [0.25, 0.3) is 0 Å². The molecule has 1 aliphatic carbocycles. The number of hydrogen-bond donors (Lipinski definition) is 1. The van der Waals surface area contributed by atoms with Crippen LogP contribution in [0.3, 0.4) is 0 Å². The Labute approximate surface area is 120 Å². The summed E-state index contributed by atoms with van der Waals surface area (Å²) in [5.74, 6) is 0. The lowest BCUT2D eigenvalue weighted by Gasteiger charge is -2.40. The lowest BCUT2D eigenvalue weighted by Crippen LogP contribution is -2.52. The molecule has 0 aromatic rings. The van der Waals surface area contributed by atoms with Crippen molar-refractivity contribution in [2.75, 3.05) is 13.7 Å². The van der Waals surface area contributed by atoms with E-state index in [9.17, 15) is 13.2 Å². The maximum atomic E-state index is 12.3. The minimum absolute atomic E-state index is 0.0259. The summed E-state index contributed by atoms with van der Waals surface area (Å²) in [6, 6.07) is 0.0259. The van der Waals surface area contributed by atoms with Gasteiger partial charge in [0.2, 0.25) is 0 Å². The quantitative estimate of drug-likeness (QED) is 0.701. The van der Waals surface area contributed by atoms with Crippen LogP contribution in [0, 0.1) is 0 Å². The molecule has 20 heavy (non-hydrogen) atoms. The summed E-state index contributed by atoms with van der Waals surface area (Å²) >= 11 is 0. The molecule has 1 N–H and O–H groups in total. The lowest BCUT2D eigenvalue weighted by molar-refractivity contribution is -0.137. The first kappa shape index (κ1) is 17.8. The molecule has 0 bridgehead atoms. The Morgan fingerprint density at radius 2 is 1.75 bits per heavy atom. The summed E-state index contributed by atoms with van der Waals surface area (Å²) < 4.78 is 42.8. The molecule has 0 heterocycles. The number of rotatable bonds is 7. The molecule has 1 fully saturated rings. The molecule has 2 nitrogen and oxygen atoms in total. The van der Waals surface area contributed by atoms with E-state index >= 15 is 0 Å². The number of likely N-dealkylation sites (N-methyl/N-ethyl adjacent to an activating group) is 1. The van der Waals surface area contributed by atoms with Gasteiger partial charge in [-0.1, -0.05) is 32.6 Å². The average Bonchev–Trinajstić information content (AvgIpc) is 2.62. The Bertz CT molecular complexity index is 260. The molecule has 0 aliphatic heterocycles. The second-order valence-corrected chi connectivity index (χ2v) is 5.80. The molecule has 0 spiro atoms. The number of alkyl halides is 3. The van der Waals surface area contributed by atoms with Crippen molar-refractivity contribution < 1.29 is 17.9 Å². The predicted molar refractivity (Wildman–Crippen MR) is 74.8 cm³/mol. The Kier molecular flexibility index (Phi) is 7.30. The van der Waals surface area contributed by atoms with Crippen LogP contribution >= 0.6 is 0 Å². The molecular formula is C15H28F3NO. The Morgan fingerprint density at radius 1 is 1.15 bits per heavy atom. The molecule has 0 amide bonds. The van der Waals surface area contributed by atoms with Crippen molar-refractivity contribution >= 4 is 0 Å². The highest BCUT2D eigenvalue weighted by atomic mass is 19.4. The minimum atomic E-state index is -4.06. The molecule has 1 saturated carbocycles. The number of ether oxygens (including phenoxy) is 1. The molecular weight excluding hydrogens is 267 g/mol. The van der Waals surface area contributed by atoms with Gasteiger partial charge in [-0.05, 0) is 32.2 Å². The predicted octanol–water partition coefficient (Wildman–Crippen LogP) is 4.44. The zero-order chi connectivity index (χ0) is 15.1. The van der Waals surface area contributed by atoms with E-state index in [0.717, 1.165) is 32.2 Å². The van der Waals surface area contributed by atoms with E-state index in [4.69, 9.17) is 4.74 Å². The van der Waals surface area contributed by atoms with Gasteiger partial charge in [0.25, 0.3) is 0 Å². The van der Waals surface area contributed by atoms with Crippen molar-refractivity contribution in [1.82, 2.24) is 5.32 Å². The normalized spacial score (nSPS) is 21.4. The highest BCUT2D eigenvalue weighted by Gasteiger charge is 2.39. The van der Waals surface area contributed by atoms with Gasteiger partial charge in [0.05, 0.1) is 5.60 Å². The minimum Gasteiger partial charge on any atom is -0.377 e. The SMILES string of the molecule is CCNC(CCCC(F)(F)F)C1(OC)CCCCCC1. The van der Waals surface area contributed by atoms with Gasteiger partial charge >= 0.3 is 6.18 Å². The largest absolute Gasteiger partial charge is 0.389 e. The average molecular weight is 295 g/mol.